The predicted molar refractivity (Wildman–Crippen MR) is 160 cm³/mol. The van der Waals surface area contributed by atoms with Gasteiger partial charge in [-0.1, -0.05) is 36.4 Å². The van der Waals surface area contributed by atoms with E-state index >= 15 is 4.39 Å². The van der Waals surface area contributed by atoms with Crippen LogP contribution in [0.25, 0.3) is 32.9 Å². The molecule has 0 radical (unpaired) electrons. The van der Waals surface area contributed by atoms with Gasteiger partial charge in [0.1, 0.15) is 30.3 Å². The van der Waals surface area contributed by atoms with Crippen LogP contribution in [0.5, 0.6) is 6.01 Å². The molecule has 1 amide bonds. The molecular weight excluding hydrogens is 576 g/mol. The molecule has 4 heterocycles. The van der Waals surface area contributed by atoms with Crippen molar-refractivity contribution in [2.45, 2.75) is 25.3 Å². The number of anilines is 1. The Balaban J connectivity index is 1.39. The molecule has 0 spiro atoms. The minimum Gasteiger partial charge on any atom is -0.462 e. The molecule has 12 heteroatoms. The summed E-state index contributed by atoms with van der Waals surface area (Å²) >= 11 is 0. The lowest BCUT2D eigenvalue weighted by Crippen LogP contribution is -2.48. The van der Waals surface area contributed by atoms with E-state index in [-0.39, 0.29) is 42.7 Å². The maximum absolute atomic E-state index is 16.5. The third-order valence-corrected chi connectivity index (χ3v) is 8.30. The van der Waals surface area contributed by atoms with E-state index in [0.717, 1.165) is 22.4 Å². The first-order valence-corrected chi connectivity index (χ1v) is 14.5. The summed E-state index contributed by atoms with van der Waals surface area (Å²) in [5, 5.41) is 2.18. The van der Waals surface area contributed by atoms with Crippen LogP contribution in [-0.4, -0.2) is 95.7 Å². The highest BCUT2D eigenvalue weighted by atomic mass is 19.3. The van der Waals surface area contributed by atoms with Gasteiger partial charge in [0, 0.05) is 56.5 Å². The lowest BCUT2D eigenvalue weighted by atomic mass is 9.97. The molecule has 2 aliphatic rings. The highest BCUT2D eigenvalue weighted by Crippen LogP contribution is 2.36. The van der Waals surface area contributed by atoms with Crippen molar-refractivity contribution in [3.8, 4) is 17.3 Å². The second-order valence-electron chi connectivity index (χ2n) is 11.3. The Bertz CT molecular complexity index is 1740. The van der Waals surface area contributed by atoms with Gasteiger partial charge >= 0.3 is 6.01 Å². The molecule has 6 rings (SSSR count). The van der Waals surface area contributed by atoms with E-state index in [1.807, 2.05) is 48.2 Å². The van der Waals surface area contributed by atoms with Crippen molar-refractivity contribution in [3.63, 3.8) is 0 Å². The second-order valence-corrected chi connectivity index (χ2v) is 11.3. The minimum atomic E-state index is -2.82. The van der Waals surface area contributed by atoms with E-state index in [9.17, 15) is 18.0 Å². The number of allylic oxidation sites excluding steroid dienone is 1. The van der Waals surface area contributed by atoms with Gasteiger partial charge in [-0.3, -0.25) is 14.7 Å². The number of carbonyl (C=O) groups is 1. The molecule has 0 aliphatic carbocycles. The zero-order chi connectivity index (χ0) is 31.0. The average Bonchev–Trinajstić information content (AvgIpc) is 3.29. The van der Waals surface area contributed by atoms with Gasteiger partial charge in [-0.05, 0) is 36.4 Å². The normalized spacial score (nSPS) is 19.0. The molecule has 0 unspecified atom stereocenters. The van der Waals surface area contributed by atoms with Crippen molar-refractivity contribution < 1.29 is 27.1 Å². The minimum absolute atomic E-state index is 0.00456. The van der Waals surface area contributed by atoms with E-state index in [2.05, 4.69) is 15.0 Å². The van der Waals surface area contributed by atoms with Crippen LogP contribution in [-0.2, 0) is 4.79 Å². The number of carbonyl (C=O) groups excluding carboxylic acids is 1. The molecule has 8 nitrogen and oxygen atoms in total. The fourth-order valence-electron chi connectivity index (χ4n) is 6.05. The number of alkyl halides is 3. The smallest absolute Gasteiger partial charge is 0.319 e. The van der Waals surface area contributed by atoms with Gasteiger partial charge in [-0.2, -0.15) is 9.97 Å². The summed E-state index contributed by atoms with van der Waals surface area (Å²) in [6.07, 6.45) is 3.55. The van der Waals surface area contributed by atoms with Gasteiger partial charge in [-0.25, -0.2) is 17.6 Å². The number of fused-ring (bicyclic) bond motifs is 2. The summed E-state index contributed by atoms with van der Waals surface area (Å²) < 4.78 is 62.9. The molecule has 0 saturated carbocycles. The SMILES string of the molecule is Cc1cccc2cccc(-c3ncc4c(N5CCN(C(=O)/C=C/CF)CC5)nc(OC[C@@H]5CC(F)(F)CN5C)nc4c3F)c12. The third kappa shape index (κ3) is 5.78. The van der Waals surface area contributed by atoms with Crippen molar-refractivity contribution in [1.82, 2.24) is 24.8 Å². The Morgan fingerprint density at radius 1 is 1.11 bits per heavy atom. The van der Waals surface area contributed by atoms with Gasteiger partial charge in [-0.15, -0.1) is 0 Å². The number of hydrogen-bond acceptors (Lipinski definition) is 7. The number of likely N-dealkylation sites (N-methyl/N-ethyl adjacent to an activating group) is 1. The zero-order valence-corrected chi connectivity index (χ0v) is 24.4. The molecule has 4 aromatic rings. The summed E-state index contributed by atoms with van der Waals surface area (Å²) in [7, 11) is 1.61. The Labute approximate surface area is 252 Å². The number of rotatable bonds is 7. The van der Waals surface area contributed by atoms with Crippen LogP contribution >= 0.6 is 0 Å². The summed E-state index contributed by atoms with van der Waals surface area (Å²) in [5.41, 5.74) is 1.71. The quantitative estimate of drug-likeness (QED) is 0.211. The molecule has 2 aliphatic heterocycles. The number of benzene rings is 2. The van der Waals surface area contributed by atoms with Crippen LogP contribution in [0.2, 0.25) is 0 Å². The first-order valence-electron chi connectivity index (χ1n) is 14.5. The van der Waals surface area contributed by atoms with E-state index in [4.69, 9.17) is 4.74 Å². The number of amides is 1. The third-order valence-electron chi connectivity index (χ3n) is 8.30. The number of ether oxygens (including phenoxy) is 1. The summed E-state index contributed by atoms with van der Waals surface area (Å²) in [4.78, 5) is 30.9. The number of halogens is 4. The summed E-state index contributed by atoms with van der Waals surface area (Å²) in [6.45, 7) is 2.16. The topological polar surface area (TPSA) is 74.7 Å². The maximum atomic E-state index is 16.5. The van der Waals surface area contributed by atoms with E-state index in [1.165, 1.54) is 17.2 Å². The Morgan fingerprint density at radius 3 is 2.57 bits per heavy atom. The van der Waals surface area contributed by atoms with E-state index in [1.54, 1.807) is 11.9 Å². The van der Waals surface area contributed by atoms with Crippen LogP contribution in [0.3, 0.4) is 0 Å². The lowest BCUT2D eigenvalue weighted by Gasteiger charge is -2.35. The number of hydrogen-bond donors (Lipinski definition) is 0. The van der Waals surface area contributed by atoms with Crippen molar-refractivity contribution in [3.05, 3.63) is 66.1 Å². The molecule has 0 bridgehead atoms. The monoisotopic (exact) mass is 608 g/mol. The maximum Gasteiger partial charge on any atom is 0.319 e. The summed E-state index contributed by atoms with van der Waals surface area (Å²) in [5.74, 6) is -3.40. The van der Waals surface area contributed by atoms with Crippen molar-refractivity contribution in [1.29, 1.82) is 0 Å². The van der Waals surface area contributed by atoms with Crippen molar-refractivity contribution in [2.24, 2.45) is 0 Å². The van der Waals surface area contributed by atoms with Crippen LogP contribution < -0.4 is 9.64 Å². The van der Waals surface area contributed by atoms with Crippen LogP contribution in [0.4, 0.5) is 23.4 Å². The molecule has 2 aromatic carbocycles. The Hall–Kier alpha value is -4.32. The summed E-state index contributed by atoms with van der Waals surface area (Å²) in [6, 6.07) is 10.8. The predicted octanol–water partition coefficient (Wildman–Crippen LogP) is 5.19. The van der Waals surface area contributed by atoms with Crippen LogP contribution in [0.1, 0.15) is 12.0 Å². The molecule has 0 N–H and O–H groups in total. The van der Waals surface area contributed by atoms with Crippen molar-refractivity contribution >= 4 is 33.4 Å². The number of aryl methyl sites for hydroxylation is 1. The highest BCUT2D eigenvalue weighted by Gasteiger charge is 2.43. The van der Waals surface area contributed by atoms with Gasteiger partial charge < -0.3 is 14.5 Å². The molecular formula is C32H32F4N6O2. The number of pyridine rings is 1. The van der Waals surface area contributed by atoms with Crippen molar-refractivity contribution in [2.75, 3.05) is 58.0 Å². The molecule has 230 valence electrons. The van der Waals surface area contributed by atoms with E-state index in [0.29, 0.717) is 42.9 Å². The second kappa shape index (κ2) is 12.0. The molecule has 1 atom stereocenters. The fourth-order valence-corrected chi connectivity index (χ4v) is 6.05. The standard InChI is InChI=1S/C32H32F4N6O2/c1-20-6-3-7-21-8-4-9-23(26(20)21)28-27(34)29-24(17-37-28)30(42-14-12-41(13-15-42)25(43)10-5-11-33)39-31(38-29)44-18-22-16-32(35,36)19-40(22)2/h3-10,17,22H,11-16,18-19H2,1-2H3/b10-5+/t22-/m0/s1. The van der Waals surface area contributed by atoms with Gasteiger partial charge in [0.25, 0.3) is 5.92 Å². The highest BCUT2D eigenvalue weighted by molar-refractivity contribution is 6.00. The number of piperazine rings is 1. The van der Waals surface area contributed by atoms with E-state index < -0.39 is 24.5 Å². The number of nitrogens with zero attached hydrogens (tertiary/aromatic N) is 6. The van der Waals surface area contributed by atoms with Gasteiger partial charge in [0.2, 0.25) is 5.91 Å². The van der Waals surface area contributed by atoms with Crippen LogP contribution in [0.15, 0.2) is 54.7 Å². The van der Waals surface area contributed by atoms with Gasteiger partial charge in [0.05, 0.1) is 11.9 Å². The largest absolute Gasteiger partial charge is 0.462 e. The Morgan fingerprint density at radius 2 is 1.86 bits per heavy atom. The molecule has 44 heavy (non-hydrogen) atoms. The average molecular weight is 609 g/mol. The first-order chi connectivity index (χ1) is 21.1. The van der Waals surface area contributed by atoms with Gasteiger partial charge in [0.15, 0.2) is 5.82 Å². The molecule has 2 fully saturated rings. The Kier molecular flexibility index (Phi) is 8.10. The number of likely N-dealkylation sites (tertiary alicyclic amines) is 1. The molecule has 2 aromatic heterocycles. The lowest BCUT2D eigenvalue weighted by molar-refractivity contribution is -0.126. The zero-order valence-electron chi connectivity index (χ0n) is 24.4. The number of aromatic nitrogens is 3. The molecule has 2 saturated heterocycles. The fraction of sp³-hybridized carbons (Fsp3) is 0.375. The van der Waals surface area contributed by atoms with Crippen LogP contribution in [0, 0.1) is 12.7 Å². The first kappa shape index (κ1) is 29.7.